The Hall–Kier alpha value is -2.29. The van der Waals surface area contributed by atoms with Crippen molar-refractivity contribution in [1.82, 2.24) is 0 Å². The van der Waals surface area contributed by atoms with E-state index in [1.54, 1.807) is 0 Å². The second kappa shape index (κ2) is 8.19. The van der Waals surface area contributed by atoms with Crippen molar-refractivity contribution in [2.75, 3.05) is 5.32 Å². The zero-order valence-corrected chi connectivity index (χ0v) is 15.9. The molecule has 0 aliphatic carbocycles. The highest BCUT2D eigenvalue weighted by molar-refractivity contribution is 5.94. The van der Waals surface area contributed by atoms with E-state index >= 15 is 0 Å². The second-order valence-corrected chi connectivity index (χ2v) is 7.33. The lowest BCUT2D eigenvalue weighted by Crippen LogP contribution is -2.32. The first-order valence-electron chi connectivity index (χ1n) is 9.00. The van der Waals surface area contributed by atoms with Gasteiger partial charge in [0.15, 0.2) is 6.10 Å². The number of aryl methyl sites for hydroxylation is 1. The standard InChI is InChI=1S/C22H29NO2/c1-6-16-8-12-18(13-9-16)23-21(24)20(7-2)25-19-14-10-17(11-15-19)22(3,4)5/h8-15,20H,6-7H2,1-5H3,(H,23,24)/t20-/m1/s1. The average Bonchev–Trinajstić information content (AvgIpc) is 2.60. The van der Waals surface area contributed by atoms with Crippen LogP contribution in [0.5, 0.6) is 5.75 Å². The molecule has 0 unspecified atom stereocenters. The zero-order valence-electron chi connectivity index (χ0n) is 15.9. The lowest BCUT2D eigenvalue weighted by molar-refractivity contribution is -0.122. The zero-order chi connectivity index (χ0) is 18.4. The molecule has 0 heterocycles. The van der Waals surface area contributed by atoms with Crippen LogP contribution in [0.3, 0.4) is 0 Å². The normalized spacial score (nSPS) is 12.5. The van der Waals surface area contributed by atoms with Gasteiger partial charge in [-0.05, 0) is 53.6 Å². The van der Waals surface area contributed by atoms with Gasteiger partial charge in [0.2, 0.25) is 0 Å². The Bertz CT molecular complexity index is 681. The van der Waals surface area contributed by atoms with Gasteiger partial charge in [0.25, 0.3) is 5.91 Å². The molecule has 1 N–H and O–H groups in total. The summed E-state index contributed by atoms with van der Waals surface area (Å²) in [5.74, 6) is 0.600. The van der Waals surface area contributed by atoms with Crippen LogP contribution in [0.15, 0.2) is 48.5 Å². The number of hydrogen-bond acceptors (Lipinski definition) is 2. The summed E-state index contributed by atoms with van der Waals surface area (Å²) in [5, 5.41) is 2.94. The number of ether oxygens (including phenoxy) is 1. The van der Waals surface area contributed by atoms with Crippen molar-refractivity contribution in [1.29, 1.82) is 0 Å². The maximum atomic E-state index is 12.5. The molecule has 2 aromatic carbocycles. The van der Waals surface area contributed by atoms with E-state index in [4.69, 9.17) is 4.74 Å². The Morgan fingerprint density at radius 3 is 2.08 bits per heavy atom. The Labute approximate surface area is 151 Å². The highest BCUT2D eigenvalue weighted by atomic mass is 16.5. The maximum absolute atomic E-state index is 12.5. The van der Waals surface area contributed by atoms with E-state index in [2.05, 4.69) is 45.1 Å². The number of carbonyl (C=O) groups is 1. The highest BCUT2D eigenvalue weighted by Crippen LogP contribution is 2.25. The van der Waals surface area contributed by atoms with Crippen LogP contribution < -0.4 is 10.1 Å². The van der Waals surface area contributed by atoms with Gasteiger partial charge in [-0.25, -0.2) is 0 Å². The molecule has 0 bridgehead atoms. The van der Waals surface area contributed by atoms with Crippen LogP contribution in [-0.4, -0.2) is 12.0 Å². The Morgan fingerprint density at radius 1 is 1.00 bits per heavy atom. The molecule has 1 atom stereocenters. The molecule has 0 aromatic heterocycles. The number of anilines is 1. The SMILES string of the molecule is CCc1ccc(NC(=O)[C@@H](CC)Oc2ccc(C(C)(C)C)cc2)cc1. The highest BCUT2D eigenvalue weighted by Gasteiger charge is 2.19. The maximum Gasteiger partial charge on any atom is 0.265 e. The van der Waals surface area contributed by atoms with Gasteiger partial charge in [-0.2, -0.15) is 0 Å². The molecule has 134 valence electrons. The lowest BCUT2D eigenvalue weighted by atomic mass is 9.87. The summed E-state index contributed by atoms with van der Waals surface area (Å²) in [7, 11) is 0. The Kier molecular flexibility index (Phi) is 6.24. The van der Waals surface area contributed by atoms with Crippen molar-refractivity contribution in [2.24, 2.45) is 0 Å². The van der Waals surface area contributed by atoms with Crippen LogP contribution in [0.4, 0.5) is 5.69 Å². The van der Waals surface area contributed by atoms with E-state index in [0.717, 1.165) is 17.9 Å². The quantitative estimate of drug-likeness (QED) is 0.771. The Balaban J connectivity index is 2.01. The fourth-order valence-electron chi connectivity index (χ4n) is 2.57. The van der Waals surface area contributed by atoms with E-state index in [1.165, 1.54) is 11.1 Å². The monoisotopic (exact) mass is 339 g/mol. The molecule has 3 nitrogen and oxygen atoms in total. The van der Waals surface area contributed by atoms with Crippen LogP contribution in [0.2, 0.25) is 0 Å². The first-order valence-corrected chi connectivity index (χ1v) is 9.00. The van der Waals surface area contributed by atoms with Crippen molar-refractivity contribution in [3.63, 3.8) is 0 Å². The summed E-state index contributed by atoms with van der Waals surface area (Å²) in [6, 6.07) is 15.9. The van der Waals surface area contributed by atoms with Crippen molar-refractivity contribution in [2.45, 2.75) is 59.0 Å². The van der Waals surface area contributed by atoms with Gasteiger partial charge in [0, 0.05) is 5.69 Å². The van der Waals surface area contributed by atoms with E-state index in [9.17, 15) is 4.79 Å². The van der Waals surface area contributed by atoms with E-state index in [1.807, 2.05) is 43.3 Å². The van der Waals surface area contributed by atoms with Gasteiger partial charge in [0.1, 0.15) is 5.75 Å². The minimum absolute atomic E-state index is 0.102. The molecule has 0 spiro atoms. The summed E-state index contributed by atoms with van der Waals surface area (Å²) < 4.78 is 5.90. The molecule has 0 radical (unpaired) electrons. The third-order valence-electron chi connectivity index (χ3n) is 4.29. The molecular formula is C22H29NO2. The van der Waals surface area contributed by atoms with Crippen LogP contribution in [0, 0.1) is 0 Å². The fourth-order valence-corrected chi connectivity index (χ4v) is 2.57. The van der Waals surface area contributed by atoms with Crippen LogP contribution >= 0.6 is 0 Å². The van der Waals surface area contributed by atoms with E-state index in [-0.39, 0.29) is 11.3 Å². The fraction of sp³-hybridized carbons (Fsp3) is 0.409. The van der Waals surface area contributed by atoms with Gasteiger partial charge in [-0.3, -0.25) is 4.79 Å². The summed E-state index contributed by atoms with van der Waals surface area (Å²) >= 11 is 0. The first kappa shape index (κ1) is 19.0. The van der Waals surface area contributed by atoms with E-state index < -0.39 is 6.10 Å². The molecular weight excluding hydrogens is 310 g/mol. The summed E-state index contributed by atoms with van der Waals surface area (Å²) in [6.07, 6.45) is 1.09. The topological polar surface area (TPSA) is 38.3 Å². The van der Waals surface area contributed by atoms with Gasteiger partial charge in [0.05, 0.1) is 0 Å². The number of benzene rings is 2. The summed E-state index contributed by atoms with van der Waals surface area (Å²) in [4.78, 5) is 12.5. The third-order valence-corrected chi connectivity index (χ3v) is 4.29. The molecule has 0 saturated heterocycles. The van der Waals surface area contributed by atoms with Crippen molar-refractivity contribution in [3.05, 3.63) is 59.7 Å². The minimum atomic E-state index is -0.508. The molecule has 25 heavy (non-hydrogen) atoms. The second-order valence-electron chi connectivity index (χ2n) is 7.33. The summed E-state index contributed by atoms with van der Waals surface area (Å²) in [6.45, 7) is 10.6. The van der Waals surface area contributed by atoms with Crippen molar-refractivity contribution < 1.29 is 9.53 Å². The molecule has 0 aliphatic rings. The van der Waals surface area contributed by atoms with Crippen molar-refractivity contribution in [3.8, 4) is 5.75 Å². The number of nitrogens with one attached hydrogen (secondary N) is 1. The summed E-state index contributed by atoms with van der Waals surface area (Å²) in [5.41, 5.74) is 3.39. The number of hydrogen-bond donors (Lipinski definition) is 1. The van der Waals surface area contributed by atoms with Crippen LogP contribution in [0.1, 0.15) is 52.2 Å². The van der Waals surface area contributed by atoms with Crippen molar-refractivity contribution >= 4 is 11.6 Å². The van der Waals surface area contributed by atoms with Gasteiger partial charge in [-0.15, -0.1) is 0 Å². The lowest BCUT2D eigenvalue weighted by Gasteiger charge is -2.21. The first-order chi connectivity index (χ1) is 11.8. The molecule has 2 aromatic rings. The number of carbonyl (C=O) groups excluding carboxylic acids is 1. The number of rotatable bonds is 6. The van der Waals surface area contributed by atoms with Crippen LogP contribution in [0.25, 0.3) is 0 Å². The predicted molar refractivity (Wildman–Crippen MR) is 104 cm³/mol. The largest absolute Gasteiger partial charge is 0.481 e. The molecule has 1 amide bonds. The van der Waals surface area contributed by atoms with Gasteiger partial charge in [-0.1, -0.05) is 58.9 Å². The smallest absolute Gasteiger partial charge is 0.265 e. The van der Waals surface area contributed by atoms with Gasteiger partial charge < -0.3 is 10.1 Å². The molecule has 3 heteroatoms. The Morgan fingerprint density at radius 2 is 1.60 bits per heavy atom. The molecule has 0 fully saturated rings. The van der Waals surface area contributed by atoms with E-state index in [0.29, 0.717) is 6.42 Å². The molecule has 0 aliphatic heterocycles. The predicted octanol–water partition coefficient (Wildman–Crippen LogP) is 5.34. The third kappa shape index (κ3) is 5.35. The number of amides is 1. The van der Waals surface area contributed by atoms with Gasteiger partial charge >= 0.3 is 0 Å². The molecule has 2 rings (SSSR count). The molecule has 0 saturated carbocycles. The minimum Gasteiger partial charge on any atom is -0.481 e. The average molecular weight is 339 g/mol. The van der Waals surface area contributed by atoms with Crippen LogP contribution in [-0.2, 0) is 16.6 Å².